The van der Waals surface area contributed by atoms with Gasteiger partial charge in [-0.25, -0.2) is 9.37 Å². The zero-order valence-corrected chi connectivity index (χ0v) is 15.9. The summed E-state index contributed by atoms with van der Waals surface area (Å²) in [4.78, 5) is 18.4. The van der Waals surface area contributed by atoms with Crippen LogP contribution in [0.25, 0.3) is 10.9 Å². The van der Waals surface area contributed by atoms with Crippen LogP contribution in [-0.2, 0) is 16.1 Å². The lowest BCUT2D eigenvalue weighted by molar-refractivity contribution is -0.137. The quantitative estimate of drug-likeness (QED) is 0.812. The van der Waals surface area contributed by atoms with Gasteiger partial charge in [0.2, 0.25) is 5.91 Å². The Balaban J connectivity index is 2.31. The number of pyridine rings is 1. The zero-order chi connectivity index (χ0) is 19.7. The number of rotatable bonds is 3. The number of ether oxygens (including phenoxy) is 2. The van der Waals surface area contributed by atoms with E-state index in [2.05, 4.69) is 16.8 Å². The number of benzene rings is 1. The molecule has 1 aliphatic rings. The fourth-order valence-corrected chi connectivity index (χ4v) is 3.58. The first-order chi connectivity index (χ1) is 12.9. The minimum Gasteiger partial charge on any atom is -0.495 e. The van der Waals surface area contributed by atoms with Crippen molar-refractivity contribution in [2.24, 2.45) is 0 Å². The van der Waals surface area contributed by atoms with E-state index in [-0.39, 0.29) is 48.0 Å². The minimum absolute atomic E-state index is 0.0506. The van der Waals surface area contributed by atoms with Gasteiger partial charge < -0.3 is 19.5 Å². The van der Waals surface area contributed by atoms with Crippen LogP contribution in [0.3, 0.4) is 0 Å². The standard InChI is InChI=1S/C19H18ClFN2O4/c1-10-16-11-7-14(27-3)17(20)18(21)19(11)22-13(5-4-6-24)12(16)8-23(10)15(25)9-26-2/h7,10,24H,6,8-9H2,1-3H3/t10-/m0/s1. The molecule has 2 heterocycles. The highest BCUT2D eigenvalue weighted by atomic mass is 35.5. The molecule has 1 aliphatic heterocycles. The number of carbonyl (C=O) groups is 1. The Morgan fingerprint density at radius 1 is 1.52 bits per heavy atom. The van der Waals surface area contributed by atoms with Crippen molar-refractivity contribution in [3.63, 3.8) is 0 Å². The van der Waals surface area contributed by atoms with E-state index in [0.717, 1.165) is 5.56 Å². The topological polar surface area (TPSA) is 71.9 Å². The van der Waals surface area contributed by atoms with Crippen molar-refractivity contribution in [2.75, 3.05) is 27.4 Å². The summed E-state index contributed by atoms with van der Waals surface area (Å²) in [5.41, 5.74) is 1.81. The molecule has 8 heteroatoms. The monoisotopic (exact) mass is 392 g/mol. The molecule has 0 spiro atoms. The van der Waals surface area contributed by atoms with Gasteiger partial charge in [-0.15, -0.1) is 0 Å². The van der Waals surface area contributed by atoms with Gasteiger partial charge in [-0.05, 0) is 24.5 Å². The van der Waals surface area contributed by atoms with Crippen LogP contribution in [0.5, 0.6) is 5.75 Å². The molecule has 6 nitrogen and oxygen atoms in total. The van der Waals surface area contributed by atoms with E-state index in [1.165, 1.54) is 14.2 Å². The molecule has 0 saturated carbocycles. The molecule has 1 N–H and O–H groups in total. The number of aromatic nitrogens is 1. The van der Waals surface area contributed by atoms with Crippen LogP contribution in [0.15, 0.2) is 6.07 Å². The lowest BCUT2D eigenvalue weighted by Gasteiger charge is -2.22. The van der Waals surface area contributed by atoms with Crippen molar-refractivity contribution >= 4 is 28.4 Å². The molecule has 27 heavy (non-hydrogen) atoms. The minimum atomic E-state index is -0.713. The van der Waals surface area contributed by atoms with Gasteiger partial charge in [-0.2, -0.15) is 0 Å². The molecule has 0 aliphatic carbocycles. The number of hydrogen-bond acceptors (Lipinski definition) is 5. The molecule has 3 rings (SSSR count). The summed E-state index contributed by atoms with van der Waals surface area (Å²) in [6.45, 7) is 1.69. The average Bonchev–Trinajstić information content (AvgIpc) is 3.01. The van der Waals surface area contributed by atoms with Crippen LogP contribution >= 0.6 is 11.6 Å². The smallest absolute Gasteiger partial charge is 0.249 e. The number of nitrogens with zero attached hydrogens (tertiary/aromatic N) is 2. The van der Waals surface area contributed by atoms with Crippen molar-refractivity contribution in [1.82, 2.24) is 9.88 Å². The summed E-state index contributed by atoms with van der Waals surface area (Å²) < 4.78 is 25.0. The number of aliphatic hydroxyl groups excluding tert-OH is 1. The van der Waals surface area contributed by atoms with Crippen LogP contribution in [-0.4, -0.2) is 48.3 Å². The molecule has 1 amide bonds. The molecule has 0 radical (unpaired) electrons. The number of hydrogen-bond donors (Lipinski definition) is 1. The Bertz CT molecular complexity index is 984. The van der Waals surface area contributed by atoms with E-state index in [9.17, 15) is 9.18 Å². The van der Waals surface area contributed by atoms with Crippen molar-refractivity contribution in [3.8, 4) is 17.6 Å². The van der Waals surface area contributed by atoms with E-state index in [1.54, 1.807) is 11.0 Å². The Morgan fingerprint density at radius 2 is 2.26 bits per heavy atom. The molecule has 0 unspecified atom stereocenters. The zero-order valence-electron chi connectivity index (χ0n) is 15.1. The third-order valence-corrected chi connectivity index (χ3v) is 4.93. The van der Waals surface area contributed by atoms with Gasteiger partial charge in [0.1, 0.15) is 35.2 Å². The number of amides is 1. The number of aliphatic hydroxyl groups is 1. The predicted octanol–water partition coefficient (Wildman–Crippen LogP) is 2.43. The molecule has 142 valence electrons. The Hall–Kier alpha value is -2.40. The second kappa shape index (κ2) is 7.69. The predicted molar refractivity (Wildman–Crippen MR) is 98.1 cm³/mol. The lowest BCUT2D eigenvalue weighted by Crippen LogP contribution is -2.31. The summed E-state index contributed by atoms with van der Waals surface area (Å²) in [6, 6.07) is 1.28. The number of halogens is 2. The summed E-state index contributed by atoms with van der Waals surface area (Å²) in [5.74, 6) is 4.57. The molecule has 2 aromatic rings. The van der Waals surface area contributed by atoms with E-state index in [0.29, 0.717) is 16.6 Å². The van der Waals surface area contributed by atoms with Gasteiger partial charge >= 0.3 is 0 Å². The van der Waals surface area contributed by atoms with Gasteiger partial charge in [0, 0.05) is 24.6 Å². The highest BCUT2D eigenvalue weighted by Gasteiger charge is 2.35. The third kappa shape index (κ3) is 3.21. The first kappa shape index (κ1) is 19.4. The molecular formula is C19H18ClFN2O4. The maximum Gasteiger partial charge on any atom is 0.249 e. The Kier molecular flexibility index (Phi) is 5.51. The number of fused-ring (bicyclic) bond motifs is 3. The Morgan fingerprint density at radius 3 is 2.89 bits per heavy atom. The highest BCUT2D eigenvalue weighted by molar-refractivity contribution is 6.33. The second-order valence-electron chi connectivity index (χ2n) is 6.05. The van der Waals surface area contributed by atoms with Crippen LogP contribution < -0.4 is 4.74 Å². The van der Waals surface area contributed by atoms with Crippen molar-refractivity contribution in [3.05, 3.63) is 33.7 Å². The Labute approximate surface area is 160 Å². The first-order valence-corrected chi connectivity index (χ1v) is 8.58. The fraction of sp³-hybridized carbons (Fsp3) is 0.368. The number of carbonyl (C=O) groups excluding carboxylic acids is 1. The summed E-state index contributed by atoms with van der Waals surface area (Å²) in [7, 11) is 2.85. The average molecular weight is 393 g/mol. The van der Waals surface area contributed by atoms with Crippen molar-refractivity contribution < 1.29 is 23.8 Å². The molecule has 1 aromatic heterocycles. The van der Waals surface area contributed by atoms with Crippen molar-refractivity contribution in [2.45, 2.75) is 19.5 Å². The van der Waals surface area contributed by atoms with Gasteiger partial charge in [-0.1, -0.05) is 17.5 Å². The molecule has 0 fully saturated rings. The maximum absolute atomic E-state index is 14.8. The molecule has 1 atom stereocenters. The van der Waals surface area contributed by atoms with Crippen LogP contribution in [0.2, 0.25) is 5.02 Å². The first-order valence-electron chi connectivity index (χ1n) is 8.21. The molecule has 0 saturated heterocycles. The molecule has 1 aromatic carbocycles. The highest BCUT2D eigenvalue weighted by Crippen LogP contribution is 2.43. The van der Waals surface area contributed by atoms with E-state index >= 15 is 0 Å². The van der Waals surface area contributed by atoms with E-state index in [1.807, 2.05) is 6.92 Å². The van der Waals surface area contributed by atoms with Crippen LogP contribution in [0.4, 0.5) is 4.39 Å². The third-order valence-electron chi connectivity index (χ3n) is 4.58. The number of methoxy groups -OCH3 is 2. The van der Waals surface area contributed by atoms with Gasteiger partial charge in [0.05, 0.1) is 13.2 Å². The van der Waals surface area contributed by atoms with Gasteiger partial charge in [0.25, 0.3) is 0 Å². The van der Waals surface area contributed by atoms with Gasteiger partial charge in [-0.3, -0.25) is 4.79 Å². The summed E-state index contributed by atoms with van der Waals surface area (Å²) in [6.07, 6.45) is 0. The summed E-state index contributed by atoms with van der Waals surface area (Å²) in [5, 5.41) is 9.37. The fourth-order valence-electron chi connectivity index (χ4n) is 3.36. The normalized spacial score (nSPS) is 15.5. The summed E-state index contributed by atoms with van der Waals surface area (Å²) >= 11 is 6.04. The van der Waals surface area contributed by atoms with Crippen molar-refractivity contribution in [1.29, 1.82) is 0 Å². The SMILES string of the molecule is COCC(=O)N1Cc2c(C#CCO)nc3c(F)c(Cl)c(OC)cc3c2[C@@H]1C. The molecule has 0 bridgehead atoms. The molecular weight excluding hydrogens is 375 g/mol. The van der Waals surface area contributed by atoms with E-state index in [4.69, 9.17) is 26.2 Å². The maximum atomic E-state index is 14.8. The van der Waals surface area contributed by atoms with Gasteiger partial charge in [0.15, 0.2) is 5.82 Å². The van der Waals surface area contributed by atoms with E-state index < -0.39 is 5.82 Å². The second-order valence-corrected chi connectivity index (χ2v) is 6.42. The largest absolute Gasteiger partial charge is 0.495 e. The lowest BCUT2D eigenvalue weighted by atomic mass is 9.98. The van der Waals surface area contributed by atoms with Crippen LogP contribution in [0.1, 0.15) is 29.8 Å². The van der Waals surface area contributed by atoms with Crippen LogP contribution in [0, 0.1) is 17.7 Å².